The fourth-order valence-electron chi connectivity index (χ4n) is 4.37. The minimum absolute atomic E-state index is 0.0162. The van der Waals surface area contributed by atoms with E-state index >= 15 is 0 Å². The van der Waals surface area contributed by atoms with Crippen LogP contribution in [0.2, 0.25) is 0 Å². The molecule has 1 aliphatic heterocycles. The Morgan fingerprint density at radius 3 is 2.66 bits per heavy atom. The van der Waals surface area contributed by atoms with E-state index in [-0.39, 0.29) is 18.1 Å². The molecule has 0 unspecified atom stereocenters. The Kier molecular flexibility index (Phi) is 6.90. The molecule has 4 aromatic heterocycles. The fraction of sp³-hybridized carbons (Fsp3) is 0.360. The van der Waals surface area contributed by atoms with Crippen molar-refractivity contribution in [2.75, 3.05) is 29.9 Å². The van der Waals surface area contributed by atoms with Crippen molar-refractivity contribution < 1.29 is 9.18 Å². The van der Waals surface area contributed by atoms with Gasteiger partial charge in [-0.1, -0.05) is 6.07 Å². The van der Waals surface area contributed by atoms with E-state index in [1.807, 2.05) is 39.0 Å². The first kappa shape index (κ1) is 25.1. The monoisotopic (exact) mass is 519 g/mol. The highest BCUT2D eigenvalue weighted by molar-refractivity contribution is 5.75. The topological polar surface area (TPSA) is 133 Å². The number of rotatable bonds is 6. The molecule has 0 saturated carbocycles. The van der Waals surface area contributed by atoms with Gasteiger partial charge in [0.05, 0.1) is 18.4 Å². The molecular weight excluding hydrogens is 489 g/mol. The molecule has 1 fully saturated rings. The van der Waals surface area contributed by atoms with Crippen LogP contribution < -0.4 is 15.5 Å². The molecule has 2 amide bonds. The van der Waals surface area contributed by atoms with Crippen LogP contribution >= 0.6 is 0 Å². The van der Waals surface area contributed by atoms with Crippen molar-refractivity contribution in [1.29, 1.82) is 0 Å². The molecule has 38 heavy (non-hydrogen) atoms. The second-order valence-electron chi connectivity index (χ2n) is 9.47. The Balaban J connectivity index is 1.19. The van der Waals surface area contributed by atoms with Crippen LogP contribution in [0.1, 0.15) is 36.8 Å². The third kappa shape index (κ3) is 5.56. The first-order valence-corrected chi connectivity index (χ1v) is 12.4. The summed E-state index contributed by atoms with van der Waals surface area (Å²) >= 11 is 0. The van der Waals surface area contributed by atoms with E-state index in [1.54, 1.807) is 17.2 Å². The van der Waals surface area contributed by atoms with Crippen LogP contribution in [0.5, 0.6) is 0 Å². The number of aryl methyl sites for hydroxylation is 2. The van der Waals surface area contributed by atoms with Gasteiger partial charge in [0.15, 0.2) is 17.5 Å². The van der Waals surface area contributed by atoms with E-state index in [0.717, 1.165) is 23.1 Å². The van der Waals surface area contributed by atoms with Crippen molar-refractivity contribution in [3.63, 3.8) is 0 Å². The van der Waals surface area contributed by atoms with Gasteiger partial charge in [0.25, 0.3) is 0 Å². The molecule has 0 aromatic carbocycles. The van der Waals surface area contributed by atoms with Crippen molar-refractivity contribution in [3.05, 3.63) is 65.6 Å². The van der Waals surface area contributed by atoms with Crippen molar-refractivity contribution in [2.45, 2.75) is 39.8 Å². The third-order valence-corrected chi connectivity index (χ3v) is 6.37. The first-order valence-electron chi connectivity index (χ1n) is 12.4. The summed E-state index contributed by atoms with van der Waals surface area (Å²) < 4.78 is 14.6. The van der Waals surface area contributed by atoms with Gasteiger partial charge in [-0.25, -0.2) is 23.8 Å². The van der Waals surface area contributed by atoms with Crippen LogP contribution in [0.15, 0.2) is 42.9 Å². The highest BCUT2D eigenvalue weighted by Gasteiger charge is 2.29. The van der Waals surface area contributed by atoms with Crippen LogP contribution in [-0.4, -0.2) is 71.5 Å². The number of pyridine rings is 1. The van der Waals surface area contributed by atoms with Gasteiger partial charge < -0.3 is 20.4 Å². The Morgan fingerprint density at radius 2 is 2.00 bits per heavy atom. The van der Waals surface area contributed by atoms with Gasteiger partial charge in [0, 0.05) is 55.4 Å². The molecular formula is C25H30FN11O. The maximum Gasteiger partial charge on any atom is 0.318 e. The summed E-state index contributed by atoms with van der Waals surface area (Å²) in [5.74, 6) is 2.04. The van der Waals surface area contributed by atoms with Crippen LogP contribution in [0.3, 0.4) is 0 Å². The standard InChI is InChI=1S/C25H30FN11O/c1-15-9-21(31-22-10-16(2)33-34-22)32-24(29-15)36-8-7-35(13-17(36)3)25(38)30-18(4)19-5-6-23(27-11-19)37-14-20(26)12-28-37/h5-6,9-12,14,17-18H,7-8,13H2,1-4H3,(H,30,38)(H2,29,31,32,33,34)/t17-,18-/m0/s1. The highest BCUT2D eigenvalue weighted by atomic mass is 19.1. The quantitative estimate of drug-likeness (QED) is 0.354. The number of H-pyrrole nitrogens is 1. The number of aromatic nitrogens is 7. The fourth-order valence-corrected chi connectivity index (χ4v) is 4.37. The molecule has 0 spiro atoms. The number of amides is 2. The Labute approximate surface area is 219 Å². The number of urea groups is 1. The molecule has 0 bridgehead atoms. The van der Waals surface area contributed by atoms with Gasteiger partial charge in [0.2, 0.25) is 5.95 Å². The van der Waals surface area contributed by atoms with E-state index in [1.165, 1.54) is 10.9 Å². The normalized spacial score (nSPS) is 16.4. The van der Waals surface area contributed by atoms with Crippen molar-refractivity contribution >= 4 is 23.6 Å². The minimum atomic E-state index is -0.430. The van der Waals surface area contributed by atoms with Crippen LogP contribution in [0, 0.1) is 19.7 Å². The van der Waals surface area contributed by atoms with Crippen LogP contribution in [-0.2, 0) is 0 Å². The molecule has 0 radical (unpaired) electrons. The molecule has 2 atom stereocenters. The molecule has 12 nitrogen and oxygen atoms in total. The van der Waals surface area contributed by atoms with Crippen molar-refractivity contribution in [3.8, 4) is 5.82 Å². The summed E-state index contributed by atoms with van der Waals surface area (Å²) in [4.78, 5) is 30.6. The van der Waals surface area contributed by atoms with E-state index in [2.05, 4.69) is 47.7 Å². The lowest BCUT2D eigenvalue weighted by molar-refractivity contribution is 0.183. The summed E-state index contributed by atoms with van der Waals surface area (Å²) in [6, 6.07) is 6.97. The van der Waals surface area contributed by atoms with Crippen LogP contribution in [0.4, 0.5) is 26.8 Å². The molecule has 5 heterocycles. The number of piperazine rings is 1. The molecule has 13 heteroatoms. The molecule has 4 aromatic rings. The first-order chi connectivity index (χ1) is 18.2. The summed E-state index contributed by atoms with van der Waals surface area (Å²) in [5, 5.41) is 17.3. The van der Waals surface area contributed by atoms with E-state index in [4.69, 9.17) is 4.98 Å². The number of halogens is 1. The van der Waals surface area contributed by atoms with Gasteiger partial charge in [-0.3, -0.25) is 5.10 Å². The number of carbonyl (C=O) groups excluding carboxylic acids is 1. The zero-order valence-electron chi connectivity index (χ0n) is 21.7. The largest absolute Gasteiger partial charge is 0.334 e. The summed E-state index contributed by atoms with van der Waals surface area (Å²) in [7, 11) is 0. The number of aromatic amines is 1. The second kappa shape index (κ2) is 10.4. The Hall–Kier alpha value is -4.55. The molecule has 198 valence electrons. The smallest absolute Gasteiger partial charge is 0.318 e. The van der Waals surface area contributed by atoms with Gasteiger partial charge in [-0.2, -0.15) is 15.2 Å². The predicted molar refractivity (Wildman–Crippen MR) is 140 cm³/mol. The molecule has 5 rings (SSSR count). The van der Waals surface area contributed by atoms with Crippen molar-refractivity contribution in [2.24, 2.45) is 0 Å². The van der Waals surface area contributed by atoms with Gasteiger partial charge in [-0.15, -0.1) is 0 Å². The molecule has 3 N–H and O–H groups in total. The van der Waals surface area contributed by atoms with Gasteiger partial charge in [0.1, 0.15) is 5.82 Å². The number of hydrogen-bond donors (Lipinski definition) is 3. The SMILES string of the molecule is Cc1cc(Nc2cc(C)[nH]n2)nc(N2CCN(C(=O)N[C@@H](C)c3ccc(-n4cc(F)cn4)nc3)C[C@@H]2C)n1. The Bertz CT molecular complexity index is 1420. The van der Waals surface area contributed by atoms with E-state index < -0.39 is 5.82 Å². The number of carbonyl (C=O) groups is 1. The number of anilines is 3. The zero-order chi connectivity index (χ0) is 26.8. The lowest BCUT2D eigenvalue weighted by atomic mass is 10.1. The van der Waals surface area contributed by atoms with E-state index in [0.29, 0.717) is 43.0 Å². The minimum Gasteiger partial charge on any atom is -0.334 e. The highest BCUT2D eigenvalue weighted by Crippen LogP contribution is 2.22. The maximum atomic E-state index is 13.2. The average molecular weight is 520 g/mol. The maximum absolute atomic E-state index is 13.2. The van der Waals surface area contributed by atoms with E-state index in [9.17, 15) is 9.18 Å². The van der Waals surface area contributed by atoms with Gasteiger partial charge >= 0.3 is 6.03 Å². The molecule has 1 aliphatic rings. The second-order valence-corrected chi connectivity index (χ2v) is 9.47. The zero-order valence-corrected chi connectivity index (χ0v) is 21.7. The third-order valence-electron chi connectivity index (χ3n) is 6.37. The molecule has 0 aliphatic carbocycles. The summed E-state index contributed by atoms with van der Waals surface area (Å²) in [6.07, 6.45) is 4.04. The summed E-state index contributed by atoms with van der Waals surface area (Å²) in [5.41, 5.74) is 2.63. The lowest BCUT2D eigenvalue weighted by Gasteiger charge is -2.40. The van der Waals surface area contributed by atoms with Crippen molar-refractivity contribution in [1.82, 2.24) is 45.1 Å². The summed E-state index contributed by atoms with van der Waals surface area (Å²) in [6.45, 7) is 9.48. The lowest BCUT2D eigenvalue weighted by Crippen LogP contribution is -2.56. The number of nitrogens with zero attached hydrogens (tertiary/aromatic N) is 8. The van der Waals surface area contributed by atoms with Gasteiger partial charge in [-0.05, 0) is 39.3 Å². The average Bonchev–Trinajstić information content (AvgIpc) is 3.51. The van der Waals surface area contributed by atoms with Crippen LogP contribution in [0.25, 0.3) is 5.82 Å². The number of nitrogens with one attached hydrogen (secondary N) is 3. The predicted octanol–water partition coefficient (Wildman–Crippen LogP) is 3.26. The molecule has 1 saturated heterocycles. The Morgan fingerprint density at radius 1 is 1.16 bits per heavy atom. The number of hydrogen-bond acceptors (Lipinski definition) is 8.